The Hall–Kier alpha value is -1.72. The summed E-state index contributed by atoms with van der Waals surface area (Å²) in [6.45, 7) is 3.43. The summed E-state index contributed by atoms with van der Waals surface area (Å²) in [5.74, 6) is 1.75. The van der Waals surface area contributed by atoms with Crippen LogP contribution in [0.3, 0.4) is 0 Å². The van der Waals surface area contributed by atoms with Crippen molar-refractivity contribution in [1.29, 1.82) is 0 Å². The summed E-state index contributed by atoms with van der Waals surface area (Å²) in [6, 6.07) is 8.58. The van der Waals surface area contributed by atoms with Crippen molar-refractivity contribution in [1.82, 2.24) is 15.0 Å². The Bertz CT molecular complexity index is 738. The van der Waals surface area contributed by atoms with Gasteiger partial charge in [-0.2, -0.15) is 4.98 Å². The molecule has 132 valence electrons. The van der Waals surface area contributed by atoms with Gasteiger partial charge in [0.05, 0.1) is 18.1 Å². The number of fused-ring (bicyclic) bond motifs is 2. The molecule has 3 atom stereocenters. The Morgan fingerprint density at radius 3 is 2.84 bits per heavy atom. The molecule has 1 aromatic carbocycles. The van der Waals surface area contributed by atoms with Gasteiger partial charge >= 0.3 is 0 Å². The third-order valence-corrected chi connectivity index (χ3v) is 5.90. The van der Waals surface area contributed by atoms with Crippen molar-refractivity contribution in [2.24, 2.45) is 0 Å². The van der Waals surface area contributed by atoms with Crippen LogP contribution in [0.4, 0.5) is 0 Å². The van der Waals surface area contributed by atoms with E-state index >= 15 is 0 Å². The van der Waals surface area contributed by atoms with Gasteiger partial charge < -0.3 is 9.26 Å². The monoisotopic (exact) mass is 339 g/mol. The quantitative estimate of drug-likeness (QED) is 0.849. The number of rotatable bonds is 4. The van der Waals surface area contributed by atoms with E-state index in [1.807, 2.05) is 0 Å². The Morgan fingerprint density at radius 1 is 1.12 bits per heavy atom. The minimum Gasteiger partial charge on any atom is -0.374 e. The smallest absolute Gasteiger partial charge is 0.232 e. The summed E-state index contributed by atoms with van der Waals surface area (Å²) < 4.78 is 11.5. The number of hydrogen-bond acceptors (Lipinski definition) is 5. The third-order valence-electron chi connectivity index (χ3n) is 5.90. The van der Waals surface area contributed by atoms with E-state index < -0.39 is 0 Å². The van der Waals surface area contributed by atoms with Crippen LogP contribution in [0.25, 0.3) is 11.4 Å². The predicted octanol–water partition coefficient (Wildman–Crippen LogP) is 3.76. The molecule has 0 N–H and O–H groups in total. The molecule has 3 aliphatic heterocycles. The molecular weight excluding hydrogens is 314 g/mol. The van der Waals surface area contributed by atoms with Crippen LogP contribution in [0.5, 0.6) is 0 Å². The molecule has 2 aromatic rings. The minimum absolute atomic E-state index is 0.281. The molecule has 5 rings (SSSR count). The van der Waals surface area contributed by atoms with Crippen LogP contribution in [0.15, 0.2) is 28.8 Å². The molecule has 0 saturated carbocycles. The highest BCUT2D eigenvalue weighted by molar-refractivity contribution is 5.55. The van der Waals surface area contributed by atoms with Crippen molar-refractivity contribution < 1.29 is 9.26 Å². The number of aromatic nitrogens is 2. The molecule has 0 aliphatic carbocycles. The zero-order chi connectivity index (χ0) is 16.6. The first-order valence-corrected chi connectivity index (χ1v) is 9.66. The lowest BCUT2D eigenvalue weighted by Gasteiger charge is -2.26. The zero-order valence-electron chi connectivity index (χ0n) is 14.6. The summed E-state index contributed by atoms with van der Waals surface area (Å²) >= 11 is 0. The second-order valence-electron chi connectivity index (χ2n) is 7.71. The second kappa shape index (κ2) is 6.54. The molecule has 3 aliphatic rings. The van der Waals surface area contributed by atoms with Gasteiger partial charge in [-0.05, 0) is 56.8 Å². The fourth-order valence-corrected chi connectivity index (χ4v) is 4.59. The molecule has 3 unspecified atom stereocenters. The summed E-state index contributed by atoms with van der Waals surface area (Å²) in [7, 11) is 0. The van der Waals surface area contributed by atoms with E-state index in [0.29, 0.717) is 11.9 Å². The van der Waals surface area contributed by atoms with Crippen molar-refractivity contribution in [2.45, 2.75) is 63.2 Å². The molecule has 2 bridgehead atoms. The van der Waals surface area contributed by atoms with Crippen molar-refractivity contribution in [3.8, 4) is 11.4 Å². The van der Waals surface area contributed by atoms with Crippen molar-refractivity contribution in [3.05, 3.63) is 35.7 Å². The Kier molecular flexibility index (Phi) is 4.06. The number of hydrogen-bond donors (Lipinski definition) is 0. The molecule has 0 spiro atoms. The van der Waals surface area contributed by atoms with Crippen LogP contribution in [-0.2, 0) is 11.3 Å². The lowest BCUT2D eigenvalue weighted by molar-refractivity contribution is 0.0974. The Balaban J connectivity index is 1.32. The lowest BCUT2D eigenvalue weighted by atomic mass is 9.89. The summed E-state index contributed by atoms with van der Waals surface area (Å²) in [5, 5.41) is 4.25. The fraction of sp³-hybridized carbons (Fsp3) is 0.600. The summed E-state index contributed by atoms with van der Waals surface area (Å²) in [6.07, 6.45) is 8.02. The topological polar surface area (TPSA) is 51.4 Å². The van der Waals surface area contributed by atoms with Gasteiger partial charge in [-0.25, -0.2) is 0 Å². The van der Waals surface area contributed by atoms with E-state index in [2.05, 4.69) is 34.3 Å². The Labute approximate surface area is 148 Å². The molecule has 5 nitrogen and oxygen atoms in total. The van der Waals surface area contributed by atoms with Gasteiger partial charge in [0.25, 0.3) is 0 Å². The number of ether oxygens (including phenoxy) is 1. The van der Waals surface area contributed by atoms with Crippen LogP contribution >= 0.6 is 0 Å². The summed E-state index contributed by atoms with van der Waals surface area (Å²) in [5.41, 5.74) is 2.38. The van der Waals surface area contributed by atoms with E-state index in [4.69, 9.17) is 14.2 Å². The predicted molar refractivity (Wildman–Crippen MR) is 94.1 cm³/mol. The van der Waals surface area contributed by atoms with E-state index in [9.17, 15) is 0 Å². The van der Waals surface area contributed by atoms with Gasteiger partial charge in [0, 0.05) is 12.1 Å². The lowest BCUT2D eigenvalue weighted by Crippen LogP contribution is -2.29. The standard InChI is InChI=1S/C20H25N3O2/c1-2-9-23(10-3-1)13-14-5-4-6-15(11-14)19-21-20(25-22-19)17-12-16-7-8-18(17)24-16/h4-6,11,16-18H,1-3,7-10,12-13H2. The van der Waals surface area contributed by atoms with Crippen molar-refractivity contribution in [2.75, 3.05) is 13.1 Å². The minimum atomic E-state index is 0.281. The number of piperidine rings is 1. The molecule has 3 fully saturated rings. The van der Waals surface area contributed by atoms with Gasteiger partial charge in [-0.15, -0.1) is 0 Å². The molecule has 4 heterocycles. The highest BCUT2D eigenvalue weighted by Gasteiger charge is 2.44. The molecular formula is C20H25N3O2. The SMILES string of the molecule is c1cc(CN2CCCCC2)cc(-c2noc(C3CC4CCC3O4)n2)c1. The second-order valence-corrected chi connectivity index (χ2v) is 7.71. The molecule has 5 heteroatoms. The van der Waals surface area contributed by atoms with E-state index in [1.165, 1.54) is 44.3 Å². The maximum absolute atomic E-state index is 5.92. The largest absolute Gasteiger partial charge is 0.374 e. The summed E-state index contributed by atoms with van der Waals surface area (Å²) in [4.78, 5) is 7.24. The van der Waals surface area contributed by atoms with Crippen LogP contribution in [0.1, 0.15) is 55.9 Å². The third kappa shape index (κ3) is 3.11. The van der Waals surface area contributed by atoms with Crippen molar-refractivity contribution in [3.63, 3.8) is 0 Å². The molecule has 3 saturated heterocycles. The van der Waals surface area contributed by atoms with Crippen molar-refractivity contribution >= 4 is 0 Å². The molecule has 25 heavy (non-hydrogen) atoms. The van der Waals surface area contributed by atoms with Gasteiger partial charge in [0.1, 0.15) is 0 Å². The van der Waals surface area contributed by atoms with E-state index in [1.54, 1.807) is 0 Å². The molecule has 0 radical (unpaired) electrons. The first-order chi connectivity index (χ1) is 12.3. The average Bonchev–Trinajstić information content (AvgIpc) is 3.39. The Morgan fingerprint density at radius 2 is 2.04 bits per heavy atom. The van der Waals surface area contributed by atoms with Crippen LogP contribution in [-0.4, -0.2) is 40.3 Å². The van der Waals surface area contributed by atoms with Gasteiger partial charge in [-0.3, -0.25) is 4.90 Å². The van der Waals surface area contributed by atoms with Crippen LogP contribution < -0.4 is 0 Å². The van der Waals surface area contributed by atoms with Gasteiger partial charge in [0.2, 0.25) is 11.7 Å². The maximum atomic E-state index is 5.92. The van der Waals surface area contributed by atoms with Gasteiger partial charge in [-0.1, -0.05) is 29.8 Å². The fourth-order valence-electron chi connectivity index (χ4n) is 4.59. The average molecular weight is 339 g/mol. The van der Waals surface area contributed by atoms with Crippen LogP contribution in [0, 0.1) is 0 Å². The maximum Gasteiger partial charge on any atom is 0.232 e. The molecule has 1 aromatic heterocycles. The number of benzene rings is 1. The molecule has 0 amide bonds. The van der Waals surface area contributed by atoms with E-state index in [0.717, 1.165) is 30.8 Å². The zero-order valence-corrected chi connectivity index (χ0v) is 14.6. The van der Waals surface area contributed by atoms with E-state index in [-0.39, 0.29) is 12.0 Å². The van der Waals surface area contributed by atoms with Crippen LogP contribution in [0.2, 0.25) is 0 Å². The highest BCUT2D eigenvalue weighted by atomic mass is 16.5. The normalized spacial score (nSPS) is 29.4. The highest BCUT2D eigenvalue weighted by Crippen LogP contribution is 2.44. The first-order valence-electron chi connectivity index (χ1n) is 9.66. The first kappa shape index (κ1) is 15.5. The number of likely N-dealkylation sites (tertiary alicyclic amines) is 1. The van der Waals surface area contributed by atoms with Gasteiger partial charge in [0.15, 0.2) is 0 Å². The number of nitrogens with zero attached hydrogens (tertiary/aromatic N) is 3.